The predicted octanol–water partition coefficient (Wildman–Crippen LogP) is 2.47. The molecule has 0 bridgehead atoms. The molecule has 2 rings (SSSR count). The van der Waals surface area contributed by atoms with Crippen molar-refractivity contribution < 1.29 is 4.79 Å². The van der Waals surface area contributed by atoms with Gasteiger partial charge in [-0.05, 0) is 45.0 Å². The minimum atomic E-state index is -0.0381. The average molecular weight is 359 g/mol. The van der Waals surface area contributed by atoms with Crippen molar-refractivity contribution in [2.75, 3.05) is 13.1 Å². The lowest BCUT2D eigenvalue weighted by molar-refractivity contribution is 0.0953. The van der Waals surface area contributed by atoms with E-state index in [0.717, 1.165) is 29.1 Å². The van der Waals surface area contributed by atoms with Crippen LogP contribution in [-0.4, -0.2) is 28.5 Å². The highest BCUT2D eigenvalue weighted by Crippen LogP contribution is 2.16. The molecule has 3 N–H and O–H groups in total. The van der Waals surface area contributed by atoms with Gasteiger partial charge >= 0.3 is 0 Å². The summed E-state index contributed by atoms with van der Waals surface area (Å²) in [6, 6.07) is 7.78. The second-order valence-corrected chi connectivity index (χ2v) is 5.09. The zero-order chi connectivity index (χ0) is 15.2. The molecule has 23 heavy (non-hydrogen) atoms. The first-order valence-electron chi connectivity index (χ1n) is 7.18. The number of aryl methyl sites for hydroxylation is 1. The molecule has 5 nitrogen and oxygen atoms in total. The first kappa shape index (κ1) is 21.4. The van der Waals surface area contributed by atoms with E-state index < -0.39 is 0 Å². The van der Waals surface area contributed by atoms with Gasteiger partial charge in [0.05, 0.1) is 17.8 Å². The Hall–Kier alpha value is -1.56. The zero-order valence-electron chi connectivity index (χ0n) is 13.4. The molecule has 2 aromatic heterocycles. The lowest BCUT2D eigenvalue weighted by Gasteiger charge is -2.09. The topological polar surface area (TPSA) is 72.9 Å². The van der Waals surface area contributed by atoms with E-state index in [4.69, 9.17) is 5.73 Å². The largest absolute Gasteiger partial charge is 0.352 e. The van der Waals surface area contributed by atoms with Crippen LogP contribution in [0.2, 0.25) is 0 Å². The predicted molar refractivity (Wildman–Crippen MR) is 97.7 cm³/mol. The Morgan fingerprint density at radius 3 is 2.65 bits per heavy atom. The van der Waals surface area contributed by atoms with Crippen LogP contribution in [-0.2, 0) is 6.54 Å². The minimum Gasteiger partial charge on any atom is -0.352 e. The van der Waals surface area contributed by atoms with Gasteiger partial charge in [-0.15, -0.1) is 24.8 Å². The van der Waals surface area contributed by atoms with Crippen molar-refractivity contribution >= 4 is 30.7 Å². The average Bonchev–Trinajstić information content (AvgIpc) is 2.77. The first-order chi connectivity index (χ1) is 10.1. The molecule has 0 atom stereocenters. The van der Waals surface area contributed by atoms with E-state index >= 15 is 0 Å². The van der Waals surface area contributed by atoms with Gasteiger partial charge in [0.1, 0.15) is 0 Å². The van der Waals surface area contributed by atoms with Crippen molar-refractivity contribution in [2.45, 2.75) is 26.8 Å². The third kappa shape index (κ3) is 5.53. The van der Waals surface area contributed by atoms with Crippen LogP contribution in [0.4, 0.5) is 0 Å². The fraction of sp³-hybridized carbons (Fsp3) is 0.375. The van der Waals surface area contributed by atoms with Crippen molar-refractivity contribution in [3.8, 4) is 0 Å². The molecule has 2 aromatic rings. The van der Waals surface area contributed by atoms with E-state index in [2.05, 4.69) is 14.9 Å². The monoisotopic (exact) mass is 358 g/mol. The second kappa shape index (κ2) is 10.3. The summed E-state index contributed by atoms with van der Waals surface area (Å²) in [6.07, 6.45) is 2.57. The molecule has 0 aliphatic rings. The van der Waals surface area contributed by atoms with Crippen molar-refractivity contribution in [3.05, 3.63) is 53.1 Å². The van der Waals surface area contributed by atoms with E-state index in [0.29, 0.717) is 19.6 Å². The Balaban J connectivity index is 0.00000242. The van der Waals surface area contributed by atoms with Crippen LogP contribution in [0, 0.1) is 13.8 Å². The van der Waals surface area contributed by atoms with Gasteiger partial charge in [0.15, 0.2) is 0 Å². The number of hydrogen-bond donors (Lipinski definition) is 2. The van der Waals surface area contributed by atoms with E-state index in [9.17, 15) is 4.79 Å². The van der Waals surface area contributed by atoms with Gasteiger partial charge in [-0.3, -0.25) is 9.78 Å². The maximum absolute atomic E-state index is 12.2. The van der Waals surface area contributed by atoms with Gasteiger partial charge in [-0.1, -0.05) is 6.07 Å². The number of nitrogens with two attached hydrogens (primary N) is 1. The quantitative estimate of drug-likeness (QED) is 0.779. The van der Waals surface area contributed by atoms with Crippen LogP contribution in [0.25, 0.3) is 0 Å². The summed E-state index contributed by atoms with van der Waals surface area (Å²) in [7, 11) is 0. The number of carbonyl (C=O) groups excluding carboxylic acids is 1. The van der Waals surface area contributed by atoms with Gasteiger partial charge in [-0.25, -0.2) is 0 Å². The second-order valence-electron chi connectivity index (χ2n) is 5.09. The Morgan fingerprint density at radius 2 is 2.04 bits per heavy atom. The molecule has 0 aliphatic carbocycles. The fourth-order valence-corrected chi connectivity index (χ4v) is 2.33. The van der Waals surface area contributed by atoms with Crippen LogP contribution in [0.5, 0.6) is 0 Å². The summed E-state index contributed by atoms with van der Waals surface area (Å²) >= 11 is 0. The number of nitrogens with one attached hydrogen (secondary N) is 1. The summed E-state index contributed by atoms with van der Waals surface area (Å²) < 4.78 is 2.11. The number of halogens is 2. The lowest BCUT2D eigenvalue weighted by Crippen LogP contribution is -2.26. The lowest BCUT2D eigenvalue weighted by atomic mass is 10.2. The van der Waals surface area contributed by atoms with Gasteiger partial charge in [0.2, 0.25) is 0 Å². The molecule has 0 aromatic carbocycles. The van der Waals surface area contributed by atoms with Crippen molar-refractivity contribution in [2.24, 2.45) is 5.73 Å². The van der Waals surface area contributed by atoms with Gasteiger partial charge in [0, 0.05) is 24.1 Å². The normalized spacial score (nSPS) is 9.70. The number of hydrogen-bond acceptors (Lipinski definition) is 3. The molecular weight excluding hydrogens is 335 g/mol. The Bertz CT molecular complexity index is 614. The fourth-order valence-electron chi connectivity index (χ4n) is 2.33. The minimum absolute atomic E-state index is 0. The smallest absolute Gasteiger partial charge is 0.253 e. The summed E-state index contributed by atoms with van der Waals surface area (Å²) in [4.78, 5) is 16.5. The molecule has 0 aliphatic heterocycles. The number of nitrogens with zero attached hydrogens (tertiary/aromatic N) is 2. The third-order valence-corrected chi connectivity index (χ3v) is 3.53. The number of aromatic nitrogens is 2. The van der Waals surface area contributed by atoms with Gasteiger partial charge in [-0.2, -0.15) is 0 Å². The molecule has 0 fully saturated rings. The highest BCUT2D eigenvalue weighted by Gasteiger charge is 2.15. The summed E-state index contributed by atoms with van der Waals surface area (Å²) in [6.45, 7) is 5.84. The van der Waals surface area contributed by atoms with E-state index in [1.165, 1.54) is 0 Å². The molecule has 0 unspecified atom stereocenters. The van der Waals surface area contributed by atoms with Crippen LogP contribution in [0.15, 0.2) is 30.5 Å². The highest BCUT2D eigenvalue weighted by molar-refractivity contribution is 5.95. The molecule has 0 radical (unpaired) electrons. The van der Waals surface area contributed by atoms with Crippen molar-refractivity contribution in [1.29, 1.82) is 0 Å². The molecule has 0 saturated heterocycles. The van der Waals surface area contributed by atoms with Gasteiger partial charge < -0.3 is 15.6 Å². The zero-order valence-corrected chi connectivity index (χ0v) is 15.0. The Morgan fingerprint density at radius 1 is 1.30 bits per heavy atom. The van der Waals surface area contributed by atoms with E-state index in [1.807, 2.05) is 38.1 Å². The molecular formula is C16H24Cl2N4O. The molecule has 128 valence electrons. The van der Waals surface area contributed by atoms with Crippen LogP contribution in [0.3, 0.4) is 0 Å². The molecule has 1 amide bonds. The number of rotatable bonds is 6. The SMILES string of the molecule is Cc1cc(C(=O)NCCCN)c(C)n1Cc1ccccn1.Cl.Cl. The summed E-state index contributed by atoms with van der Waals surface area (Å²) in [5, 5.41) is 2.90. The maximum atomic E-state index is 12.2. The summed E-state index contributed by atoms with van der Waals surface area (Å²) in [5.74, 6) is -0.0381. The highest BCUT2D eigenvalue weighted by atomic mass is 35.5. The Labute approximate surface area is 149 Å². The number of pyridine rings is 1. The first-order valence-corrected chi connectivity index (χ1v) is 7.18. The Kier molecular flexibility index (Phi) is 9.56. The molecule has 7 heteroatoms. The third-order valence-electron chi connectivity index (χ3n) is 3.53. The molecule has 0 saturated carbocycles. The van der Waals surface area contributed by atoms with Crippen molar-refractivity contribution in [1.82, 2.24) is 14.9 Å². The van der Waals surface area contributed by atoms with Crippen LogP contribution < -0.4 is 11.1 Å². The summed E-state index contributed by atoms with van der Waals surface area (Å²) in [5.41, 5.74) is 9.16. The molecule has 0 spiro atoms. The number of carbonyl (C=O) groups is 1. The standard InChI is InChI=1S/C16H22N4O.2ClH/c1-12-10-15(16(21)19-9-5-7-17)13(2)20(12)11-14-6-3-4-8-18-14;;/h3-4,6,8,10H,5,7,9,11,17H2,1-2H3,(H,19,21);2*1H. The van der Waals surface area contributed by atoms with Gasteiger partial charge in [0.25, 0.3) is 5.91 Å². The van der Waals surface area contributed by atoms with Crippen LogP contribution in [0.1, 0.15) is 33.9 Å². The maximum Gasteiger partial charge on any atom is 0.253 e. The van der Waals surface area contributed by atoms with Crippen LogP contribution >= 0.6 is 24.8 Å². The van der Waals surface area contributed by atoms with Crippen molar-refractivity contribution in [3.63, 3.8) is 0 Å². The molecule has 2 heterocycles. The van der Waals surface area contributed by atoms with E-state index in [1.54, 1.807) is 6.20 Å². The number of amides is 1. The van der Waals surface area contributed by atoms with E-state index in [-0.39, 0.29) is 30.7 Å².